The van der Waals surface area contributed by atoms with Crippen molar-refractivity contribution < 1.29 is 22.7 Å². The number of sulfone groups is 1. The Balaban J connectivity index is 1.40. The Bertz CT molecular complexity index is 1040. The molecule has 1 amide bonds. The maximum absolute atomic E-state index is 12.4. The Morgan fingerprint density at radius 3 is 2.86 bits per heavy atom. The van der Waals surface area contributed by atoms with Gasteiger partial charge in [-0.05, 0) is 55.4 Å². The van der Waals surface area contributed by atoms with Crippen LogP contribution in [0.5, 0.6) is 0 Å². The number of nitrogens with one attached hydrogen (secondary N) is 2. The summed E-state index contributed by atoms with van der Waals surface area (Å²) in [6.07, 6.45) is 3.56. The standard InChI is InChI=1S/C20H24N2O5S/c1-12-2-4-17-15(8-12)16-9-13(3-5-18(16)22-17)20(24)27-10-19(23)21-14-6-7-28(25,26)11-14/h3,5,9,12,14,22H,2,4,6-8,10-11H2,1H3,(H,21,23)/t12-,14+/m0/s1. The van der Waals surface area contributed by atoms with Gasteiger partial charge in [0.05, 0.1) is 17.1 Å². The molecule has 1 saturated heterocycles. The molecule has 1 aliphatic carbocycles. The molecule has 150 valence electrons. The molecule has 2 aliphatic rings. The van der Waals surface area contributed by atoms with Crippen LogP contribution in [0.1, 0.15) is 41.4 Å². The van der Waals surface area contributed by atoms with Gasteiger partial charge in [0.15, 0.2) is 16.4 Å². The average molecular weight is 404 g/mol. The van der Waals surface area contributed by atoms with Gasteiger partial charge in [0.1, 0.15) is 0 Å². The first-order chi connectivity index (χ1) is 13.3. The summed E-state index contributed by atoms with van der Waals surface area (Å²) in [5.41, 5.74) is 3.92. The molecule has 7 nitrogen and oxygen atoms in total. The lowest BCUT2D eigenvalue weighted by molar-refractivity contribution is -0.124. The van der Waals surface area contributed by atoms with Crippen molar-refractivity contribution in [3.05, 3.63) is 35.0 Å². The van der Waals surface area contributed by atoms with E-state index >= 15 is 0 Å². The Kier molecular flexibility index (Phi) is 4.91. The van der Waals surface area contributed by atoms with Crippen LogP contribution in [-0.2, 0) is 32.2 Å². The fourth-order valence-electron chi connectivity index (χ4n) is 4.11. The summed E-state index contributed by atoms with van der Waals surface area (Å²) in [7, 11) is -3.07. The second-order valence-corrected chi connectivity index (χ2v) is 10.2. The van der Waals surface area contributed by atoms with E-state index in [9.17, 15) is 18.0 Å². The van der Waals surface area contributed by atoms with Crippen molar-refractivity contribution >= 4 is 32.6 Å². The van der Waals surface area contributed by atoms with Gasteiger partial charge < -0.3 is 15.0 Å². The van der Waals surface area contributed by atoms with E-state index < -0.39 is 34.4 Å². The van der Waals surface area contributed by atoms with E-state index in [1.165, 1.54) is 11.3 Å². The molecule has 1 aliphatic heterocycles. The highest BCUT2D eigenvalue weighted by Gasteiger charge is 2.29. The summed E-state index contributed by atoms with van der Waals surface area (Å²) in [6.45, 7) is 1.81. The third-order valence-electron chi connectivity index (χ3n) is 5.60. The number of esters is 1. The molecule has 1 aromatic carbocycles. The Morgan fingerprint density at radius 1 is 1.29 bits per heavy atom. The predicted octanol–water partition coefficient (Wildman–Crippen LogP) is 1.75. The molecule has 0 spiro atoms. The Hall–Kier alpha value is -2.35. The van der Waals surface area contributed by atoms with Gasteiger partial charge in [0.25, 0.3) is 5.91 Å². The van der Waals surface area contributed by atoms with Gasteiger partial charge in [-0.2, -0.15) is 0 Å². The van der Waals surface area contributed by atoms with E-state index in [4.69, 9.17) is 4.74 Å². The van der Waals surface area contributed by atoms with Crippen LogP contribution in [0.4, 0.5) is 0 Å². The number of hydrogen-bond acceptors (Lipinski definition) is 5. The number of aromatic nitrogens is 1. The first kappa shape index (κ1) is 19.0. The summed E-state index contributed by atoms with van der Waals surface area (Å²) < 4.78 is 28.0. The van der Waals surface area contributed by atoms with Crippen molar-refractivity contribution in [2.75, 3.05) is 18.1 Å². The molecule has 0 bridgehead atoms. The van der Waals surface area contributed by atoms with Crippen molar-refractivity contribution in [1.82, 2.24) is 10.3 Å². The summed E-state index contributed by atoms with van der Waals surface area (Å²) in [4.78, 5) is 27.8. The number of fused-ring (bicyclic) bond motifs is 3. The van der Waals surface area contributed by atoms with Crippen LogP contribution in [0, 0.1) is 5.92 Å². The minimum atomic E-state index is -3.07. The number of carbonyl (C=O) groups excluding carboxylic acids is 2. The molecule has 4 rings (SSSR count). The molecule has 0 radical (unpaired) electrons. The number of ether oxygens (including phenoxy) is 1. The van der Waals surface area contributed by atoms with E-state index in [0.29, 0.717) is 17.9 Å². The summed E-state index contributed by atoms with van der Waals surface area (Å²) in [5.74, 6) is -0.401. The van der Waals surface area contributed by atoms with Gasteiger partial charge in [0, 0.05) is 22.6 Å². The number of hydrogen-bond donors (Lipinski definition) is 2. The second-order valence-electron chi connectivity index (χ2n) is 7.93. The molecule has 1 aromatic heterocycles. The smallest absolute Gasteiger partial charge is 0.338 e. The minimum Gasteiger partial charge on any atom is -0.452 e. The molecule has 8 heteroatoms. The van der Waals surface area contributed by atoms with Gasteiger partial charge in [-0.1, -0.05) is 6.92 Å². The van der Waals surface area contributed by atoms with Crippen molar-refractivity contribution in [2.24, 2.45) is 5.92 Å². The monoisotopic (exact) mass is 404 g/mol. The number of carbonyl (C=O) groups is 2. The van der Waals surface area contributed by atoms with E-state index in [1.54, 1.807) is 6.07 Å². The second kappa shape index (κ2) is 7.24. The van der Waals surface area contributed by atoms with Crippen molar-refractivity contribution in [1.29, 1.82) is 0 Å². The normalized spacial score (nSPS) is 23.3. The number of rotatable bonds is 4. The third kappa shape index (κ3) is 3.92. The maximum atomic E-state index is 12.4. The zero-order valence-electron chi connectivity index (χ0n) is 15.8. The Labute approximate surface area is 163 Å². The van der Waals surface area contributed by atoms with Crippen LogP contribution in [0.2, 0.25) is 0 Å². The molecular weight excluding hydrogens is 380 g/mol. The summed E-state index contributed by atoms with van der Waals surface area (Å²) in [5, 5.41) is 3.65. The lowest BCUT2D eigenvalue weighted by Gasteiger charge is -2.18. The number of aromatic amines is 1. The molecule has 2 heterocycles. The summed E-state index contributed by atoms with van der Waals surface area (Å²) >= 11 is 0. The van der Waals surface area contributed by atoms with Crippen LogP contribution in [0.25, 0.3) is 10.9 Å². The highest BCUT2D eigenvalue weighted by Crippen LogP contribution is 2.32. The first-order valence-electron chi connectivity index (χ1n) is 9.61. The van der Waals surface area contributed by atoms with Gasteiger partial charge >= 0.3 is 5.97 Å². The molecule has 2 N–H and O–H groups in total. The zero-order valence-corrected chi connectivity index (χ0v) is 16.6. The summed E-state index contributed by atoms with van der Waals surface area (Å²) in [6, 6.07) is 4.99. The third-order valence-corrected chi connectivity index (χ3v) is 7.37. The highest BCUT2D eigenvalue weighted by atomic mass is 32.2. The lowest BCUT2D eigenvalue weighted by atomic mass is 9.87. The zero-order chi connectivity index (χ0) is 19.9. The van der Waals surface area contributed by atoms with Gasteiger partial charge in [-0.25, -0.2) is 13.2 Å². The molecule has 2 atom stereocenters. The number of benzene rings is 1. The Morgan fingerprint density at radius 2 is 2.11 bits per heavy atom. The van der Waals surface area contributed by atoms with Crippen LogP contribution in [0.3, 0.4) is 0 Å². The number of aryl methyl sites for hydroxylation is 1. The predicted molar refractivity (Wildman–Crippen MR) is 105 cm³/mol. The minimum absolute atomic E-state index is 0.0552. The lowest BCUT2D eigenvalue weighted by Crippen LogP contribution is -2.38. The van der Waals surface area contributed by atoms with E-state index in [1.807, 2.05) is 12.1 Å². The fourth-order valence-corrected chi connectivity index (χ4v) is 5.78. The van der Waals surface area contributed by atoms with Crippen LogP contribution in [0.15, 0.2) is 18.2 Å². The first-order valence-corrected chi connectivity index (χ1v) is 11.4. The van der Waals surface area contributed by atoms with Gasteiger partial charge in [-0.3, -0.25) is 4.79 Å². The molecule has 28 heavy (non-hydrogen) atoms. The van der Waals surface area contributed by atoms with Gasteiger partial charge in [-0.15, -0.1) is 0 Å². The van der Waals surface area contributed by atoms with Crippen molar-refractivity contribution in [3.63, 3.8) is 0 Å². The fraction of sp³-hybridized carbons (Fsp3) is 0.500. The van der Waals surface area contributed by atoms with Crippen LogP contribution in [-0.4, -0.2) is 49.4 Å². The van der Waals surface area contributed by atoms with Crippen molar-refractivity contribution in [2.45, 2.75) is 38.6 Å². The van der Waals surface area contributed by atoms with Gasteiger partial charge in [0.2, 0.25) is 0 Å². The quantitative estimate of drug-likeness (QED) is 0.756. The number of H-pyrrole nitrogens is 1. The van der Waals surface area contributed by atoms with E-state index in [0.717, 1.165) is 30.2 Å². The average Bonchev–Trinajstić information content (AvgIpc) is 3.18. The molecule has 0 saturated carbocycles. The van der Waals surface area contributed by atoms with E-state index in [2.05, 4.69) is 17.2 Å². The largest absolute Gasteiger partial charge is 0.452 e. The van der Waals surface area contributed by atoms with Crippen molar-refractivity contribution in [3.8, 4) is 0 Å². The molecule has 0 unspecified atom stereocenters. The van der Waals surface area contributed by atoms with Crippen LogP contribution >= 0.6 is 0 Å². The van der Waals surface area contributed by atoms with E-state index in [-0.39, 0.29) is 11.5 Å². The number of amides is 1. The maximum Gasteiger partial charge on any atom is 0.338 e. The molecule has 1 fully saturated rings. The van der Waals surface area contributed by atoms with Crippen LogP contribution < -0.4 is 5.32 Å². The SMILES string of the molecule is C[C@H]1CCc2[nH]c3ccc(C(=O)OCC(=O)N[C@@H]4CCS(=O)(=O)C4)cc3c2C1. The molecule has 2 aromatic rings. The molecular formula is C20H24N2O5S. The topological polar surface area (TPSA) is 105 Å². The highest BCUT2D eigenvalue weighted by molar-refractivity contribution is 7.91.